The molecule has 2 N–H and O–H groups in total. The van der Waals surface area contributed by atoms with Gasteiger partial charge in [-0.2, -0.15) is 0 Å². The molecule has 2 atom stereocenters. The number of carbonyl (C=O) groups is 1. The Morgan fingerprint density at radius 1 is 1.04 bits per heavy atom. The van der Waals surface area contributed by atoms with Gasteiger partial charge in [-0.3, -0.25) is 9.59 Å². The summed E-state index contributed by atoms with van der Waals surface area (Å²) in [6, 6.07) is 9.59. The fraction of sp³-hybridized carbons (Fsp3) is 0.400. The molecular formula is C20H20Cl2N2O2. The van der Waals surface area contributed by atoms with Crippen LogP contribution in [0.25, 0.3) is 0 Å². The van der Waals surface area contributed by atoms with E-state index in [1.165, 1.54) is 0 Å². The zero-order valence-corrected chi connectivity index (χ0v) is 15.7. The minimum absolute atomic E-state index is 0.00878. The Balaban J connectivity index is 1.69. The summed E-state index contributed by atoms with van der Waals surface area (Å²) in [7, 11) is 0. The van der Waals surface area contributed by atoms with Crippen LogP contribution in [0.4, 0.5) is 0 Å². The van der Waals surface area contributed by atoms with E-state index in [0.717, 1.165) is 36.1 Å². The maximum Gasteiger partial charge on any atom is 0.251 e. The van der Waals surface area contributed by atoms with Gasteiger partial charge in [-0.1, -0.05) is 35.3 Å². The molecule has 2 fully saturated rings. The fourth-order valence-electron chi connectivity index (χ4n) is 3.73. The highest BCUT2D eigenvalue weighted by atomic mass is 35.5. The normalized spacial score (nSPS) is 20.8. The summed E-state index contributed by atoms with van der Waals surface area (Å²) >= 11 is 12.3. The summed E-state index contributed by atoms with van der Waals surface area (Å²) in [6.07, 6.45) is 4.25. The zero-order valence-electron chi connectivity index (χ0n) is 14.2. The first kappa shape index (κ1) is 17.6. The molecule has 2 aliphatic rings. The lowest BCUT2D eigenvalue weighted by Gasteiger charge is -2.22. The van der Waals surface area contributed by atoms with Crippen LogP contribution in [-0.4, -0.2) is 16.9 Å². The van der Waals surface area contributed by atoms with Crippen molar-refractivity contribution in [2.45, 2.75) is 50.0 Å². The number of benzene rings is 1. The van der Waals surface area contributed by atoms with Gasteiger partial charge in [0.05, 0.1) is 10.0 Å². The summed E-state index contributed by atoms with van der Waals surface area (Å²) in [5.41, 5.74) is 2.69. The van der Waals surface area contributed by atoms with Crippen molar-refractivity contribution in [2.24, 2.45) is 0 Å². The average molecular weight is 391 g/mol. The van der Waals surface area contributed by atoms with Crippen LogP contribution >= 0.6 is 23.2 Å². The van der Waals surface area contributed by atoms with E-state index in [2.05, 4.69) is 10.3 Å². The van der Waals surface area contributed by atoms with Gasteiger partial charge in [0.25, 0.3) is 5.56 Å². The molecule has 0 spiro atoms. The van der Waals surface area contributed by atoms with Crippen LogP contribution in [0, 0.1) is 0 Å². The van der Waals surface area contributed by atoms with Crippen molar-refractivity contribution in [1.82, 2.24) is 10.3 Å². The van der Waals surface area contributed by atoms with Gasteiger partial charge in [0.15, 0.2) is 0 Å². The molecular weight excluding hydrogens is 371 g/mol. The van der Waals surface area contributed by atoms with E-state index in [4.69, 9.17) is 23.2 Å². The van der Waals surface area contributed by atoms with Gasteiger partial charge < -0.3 is 10.3 Å². The van der Waals surface area contributed by atoms with Crippen LogP contribution in [0.5, 0.6) is 0 Å². The van der Waals surface area contributed by atoms with Crippen molar-refractivity contribution in [3.05, 3.63) is 67.6 Å². The number of nitrogens with one attached hydrogen (secondary N) is 2. The van der Waals surface area contributed by atoms with Crippen molar-refractivity contribution in [2.75, 3.05) is 0 Å². The van der Waals surface area contributed by atoms with Gasteiger partial charge in [-0.15, -0.1) is 0 Å². The molecule has 4 rings (SSSR count). The smallest absolute Gasteiger partial charge is 0.251 e. The summed E-state index contributed by atoms with van der Waals surface area (Å²) < 4.78 is 0. The van der Waals surface area contributed by atoms with Crippen molar-refractivity contribution < 1.29 is 4.79 Å². The zero-order chi connectivity index (χ0) is 18.3. The van der Waals surface area contributed by atoms with E-state index in [-0.39, 0.29) is 23.4 Å². The summed E-state index contributed by atoms with van der Waals surface area (Å²) in [5, 5.41) is 4.00. The van der Waals surface area contributed by atoms with Crippen LogP contribution in [-0.2, 0) is 4.79 Å². The number of hydrogen-bond acceptors (Lipinski definition) is 2. The largest absolute Gasteiger partial charge is 0.353 e. The van der Waals surface area contributed by atoms with Crippen LogP contribution < -0.4 is 10.9 Å². The summed E-state index contributed by atoms with van der Waals surface area (Å²) in [6.45, 7) is 0. The molecule has 1 amide bonds. The van der Waals surface area contributed by atoms with Crippen LogP contribution in [0.1, 0.15) is 60.8 Å². The Morgan fingerprint density at radius 2 is 1.85 bits per heavy atom. The van der Waals surface area contributed by atoms with Crippen molar-refractivity contribution in [3.8, 4) is 0 Å². The summed E-state index contributed by atoms with van der Waals surface area (Å²) in [5.74, 6) is 0.430. The summed E-state index contributed by atoms with van der Waals surface area (Å²) in [4.78, 5) is 27.1. The Hall–Kier alpha value is -1.78. The van der Waals surface area contributed by atoms with E-state index in [1.54, 1.807) is 6.07 Å². The standard InChI is InChI=1S/C20H20Cl2N2O2/c21-16-6-3-12(9-17(16)22)15(10-13-4-8-19(25)23-13)18-7-5-14(11-1-2-11)20(26)24-18/h3,5-7,9,11,13,15H,1-2,4,8,10H2,(H,23,25)(H,24,26)/t13-,15+/m1/s1. The van der Waals surface area contributed by atoms with Gasteiger partial charge in [-0.05, 0) is 55.4 Å². The van der Waals surface area contributed by atoms with Crippen molar-refractivity contribution in [3.63, 3.8) is 0 Å². The lowest BCUT2D eigenvalue weighted by molar-refractivity contribution is -0.119. The third kappa shape index (κ3) is 3.67. The Kier molecular flexibility index (Phi) is 4.80. The first-order valence-corrected chi connectivity index (χ1v) is 9.74. The van der Waals surface area contributed by atoms with Gasteiger partial charge in [0.1, 0.15) is 0 Å². The minimum atomic E-state index is -0.0610. The number of pyridine rings is 1. The van der Waals surface area contributed by atoms with Crippen LogP contribution in [0.2, 0.25) is 10.0 Å². The fourth-order valence-corrected chi connectivity index (χ4v) is 4.04. The quantitative estimate of drug-likeness (QED) is 0.796. The molecule has 0 radical (unpaired) electrons. The molecule has 2 aromatic rings. The second-order valence-electron chi connectivity index (χ2n) is 7.24. The van der Waals surface area contributed by atoms with Gasteiger partial charge in [0.2, 0.25) is 5.91 Å². The molecule has 2 heterocycles. The van der Waals surface area contributed by atoms with Crippen molar-refractivity contribution >= 4 is 29.1 Å². The first-order chi connectivity index (χ1) is 12.5. The molecule has 1 aliphatic carbocycles. The SMILES string of the molecule is O=C1CC[C@H](C[C@@H](c2ccc(Cl)c(Cl)c2)c2ccc(C3CC3)c(=O)[nH]2)N1. The number of halogens is 2. The number of H-pyrrole nitrogens is 1. The lowest BCUT2D eigenvalue weighted by atomic mass is 9.88. The van der Waals surface area contributed by atoms with E-state index in [1.807, 2.05) is 24.3 Å². The Morgan fingerprint density at radius 3 is 2.46 bits per heavy atom. The Bertz CT molecular complexity index is 905. The molecule has 136 valence electrons. The second-order valence-corrected chi connectivity index (χ2v) is 8.05. The number of hydrogen-bond donors (Lipinski definition) is 2. The maximum atomic E-state index is 12.5. The predicted octanol–water partition coefficient (Wildman–Crippen LogP) is 4.36. The van der Waals surface area contributed by atoms with E-state index >= 15 is 0 Å². The van der Waals surface area contributed by atoms with E-state index in [0.29, 0.717) is 28.8 Å². The molecule has 1 aromatic heterocycles. The molecule has 26 heavy (non-hydrogen) atoms. The third-order valence-electron chi connectivity index (χ3n) is 5.31. The molecule has 6 heteroatoms. The second kappa shape index (κ2) is 7.09. The van der Waals surface area contributed by atoms with Crippen molar-refractivity contribution in [1.29, 1.82) is 0 Å². The minimum Gasteiger partial charge on any atom is -0.353 e. The molecule has 1 saturated carbocycles. The van der Waals surface area contributed by atoms with Crippen LogP contribution in [0.3, 0.4) is 0 Å². The predicted molar refractivity (Wildman–Crippen MR) is 103 cm³/mol. The molecule has 4 nitrogen and oxygen atoms in total. The highest BCUT2D eigenvalue weighted by molar-refractivity contribution is 6.42. The number of aromatic amines is 1. The Labute approximate surface area is 161 Å². The topological polar surface area (TPSA) is 62.0 Å². The number of rotatable bonds is 5. The molecule has 1 aliphatic heterocycles. The van der Waals surface area contributed by atoms with Gasteiger partial charge in [-0.25, -0.2) is 0 Å². The van der Waals surface area contributed by atoms with Gasteiger partial charge in [0, 0.05) is 29.6 Å². The van der Waals surface area contributed by atoms with Gasteiger partial charge >= 0.3 is 0 Å². The monoisotopic (exact) mass is 390 g/mol. The first-order valence-electron chi connectivity index (χ1n) is 8.98. The molecule has 0 bridgehead atoms. The van der Waals surface area contributed by atoms with E-state index < -0.39 is 0 Å². The highest BCUT2D eigenvalue weighted by Gasteiger charge is 2.29. The van der Waals surface area contributed by atoms with Crippen LogP contribution in [0.15, 0.2) is 35.1 Å². The molecule has 0 unspecified atom stereocenters. The molecule has 1 aromatic carbocycles. The lowest BCUT2D eigenvalue weighted by Crippen LogP contribution is -2.28. The maximum absolute atomic E-state index is 12.5. The number of aromatic nitrogens is 1. The molecule has 1 saturated heterocycles. The highest BCUT2D eigenvalue weighted by Crippen LogP contribution is 2.39. The number of amides is 1. The average Bonchev–Trinajstić information content (AvgIpc) is 3.37. The third-order valence-corrected chi connectivity index (χ3v) is 6.05. The number of carbonyl (C=O) groups excluding carboxylic acids is 1. The van der Waals surface area contributed by atoms with E-state index in [9.17, 15) is 9.59 Å².